The Morgan fingerprint density at radius 3 is 2.68 bits per heavy atom. The minimum Gasteiger partial charge on any atom is -0.376 e. The van der Waals surface area contributed by atoms with E-state index in [9.17, 15) is 4.79 Å². The topological polar surface area (TPSA) is 47.4 Å². The first-order valence-corrected chi connectivity index (χ1v) is 8.65. The van der Waals surface area contributed by atoms with Crippen molar-refractivity contribution in [2.45, 2.75) is 51.0 Å². The first-order valence-electron chi connectivity index (χ1n) is 8.65. The Labute approximate surface area is 131 Å². The molecule has 5 nitrogen and oxygen atoms in total. The molecule has 3 aliphatic rings. The minimum atomic E-state index is 0.326. The molecule has 1 aromatic rings. The number of aromatic nitrogens is 2. The van der Waals surface area contributed by atoms with Crippen molar-refractivity contribution in [1.82, 2.24) is 14.7 Å². The summed E-state index contributed by atoms with van der Waals surface area (Å²) in [6, 6.07) is 0. The van der Waals surface area contributed by atoms with E-state index in [0.717, 1.165) is 51.8 Å². The summed E-state index contributed by atoms with van der Waals surface area (Å²) in [4.78, 5) is 14.4. The molecule has 2 fully saturated rings. The number of fused-ring (bicyclic) bond motifs is 1. The standard InChI is InChI=1S/C17H25N3O2/c1-19-15-7-10-22-11-14(15)16(18-19)12-5-8-20(9-6-12)17(21)13-3-2-4-13/h12-13H,2-11H2,1H3. The van der Waals surface area contributed by atoms with Crippen LogP contribution in [0.5, 0.6) is 0 Å². The smallest absolute Gasteiger partial charge is 0.225 e. The predicted molar refractivity (Wildman–Crippen MR) is 82.5 cm³/mol. The number of likely N-dealkylation sites (tertiary alicyclic amines) is 1. The zero-order valence-electron chi connectivity index (χ0n) is 13.4. The van der Waals surface area contributed by atoms with Crippen molar-refractivity contribution in [3.63, 3.8) is 0 Å². The van der Waals surface area contributed by atoms with Crippen molar-refractivity contribution in [1.29, 1.82) is 0 Å². The number of aryl methyl sites for hydroxylation is 1. The van der Waals surface area contributed by atoms with Crippen LogP contribution in [0.3, 0.4) is 0 Å². The van der Waals surface area contributed by atoms with Gasteiger partial charge in [0, 0.05) is 49.7 Å². The number of carbonyl (C=O) groups excluding carboxylic acids is 1. The van der Waals surface area contributed by atoms with Gasteiger partial charge in [0.15, 0.2) is 0 Å². The molecule has 2 aliphatic heterocycles. The maximum absolute atomic E-state index is 12.3. The van der Waals surface area contributed by atoms with Crippen LogP contribution in [-0.2, 0) is 29.6 Å². The number of rotatable bonds is 2. The van der Waals surface area contributed by atoms with Gasteiger partial charge in [0.05, 0.1) is 18.9 Å². The van der Waals surface area contributed by atoms with Gasteiger partial charge in [-0.15, -0.1) is 0 Å². The maximum atomic E-state index is 12.3. The summed E-state index contributed by atoms with van der Waals surface area (Å²) in [5.74, 6) is 1.21. The molecule has 0 radical (unpaired) electrons. The highest BCUT2D eigenvalue weighted by Gasteiger charge is 2.33. The Balaban J connectivity index is 1.44. The van der Waals surface area contributed by atoms with Gasteiger partial charge in [-0.25, -0.2) is 0 Å². The first-order chi connectivity index (χ1) is 10.7. The molecule has 1 amide bonds. The predicted octanol–water partition coefficient (Wildman–Crippen LogP) is 2.00. The highest BCUT2D eigenvalue weighted by atomic mass is 16.5. The second kappa shape index (κ2) is 5.69. The van der Waals surface area contributed by atoms with Gasteiger partial charge in [-0.1, -0.05) is 6.42 Å². The number of piperidine rings is 1. The quantitative estimate of drug-likeness (QED) is 0.839. The van der Waals surface area contributed by atoms with Crippen molar-refractivity contribution >= 4 is 5.91 Å². The summed E-state index contributed by atoms with van der Waals surface area (Å²) in [6.07, 6.45) is 6.49. The number of carbonyl (C=O) groups is 1. The van der Waals surface area contributed by atoms with Gasteiger partial charge >= 0.3 is 0 Å². The number of hydrogen-bond acceptors (Lipinski definition) is 3. The third kappa shape index (κ3) is 2.35. The molecule has 22 heavy (non-hydrogen) atoms. The molecule has 0 bridgehead atoms. The summed E-state index contributed by atoms with van der Waals surface area (Å²) in [7, 11) is 2.04. The minimum absolute atomic E-state index is 0.326. The summed E-state index contributed by atoms with van der Waals surface area (Å²) >= 11 is 0. The highest BCUT2D eigenvalue weighted by Crippen LogP contribution is 2.35. The third-order valence-electron chi connectivity index (χ3n) is 5.68. The molecule has 120 valence electrons. The Bertz CT molecular complexity index is 569. The zero-order valence-corrected chi connectivity index (χ0v) is 13.4. The van der Waals surface area contributed by atoms with Gasteiger partial charge in [-0.2, -0.15) is 5.10 Å². The molecule has 1 aliphatic carbocycles. The van der Waals surface area contributed by atoms with E-state index in [2.05, 4.69) is 4.90 Å². The van der Waals surface area contributed by atoms with Gasteiger partial charge in [-0.05, 0) is 25.7 Å². The van der Waals surface area contributed by atoms with Gasteiger partial charge in [0.25, 0.3) is 0 Å². The van der Waals surface area contributed by atoms with Crippen molar-refractivity contribution in [2.75, 3.05) is 19.7 Å². The van der Waals surface area contributed by atoms with Crippen LogP contribution >= 0.6 is 0 Å². The Kier molecular flexibility index (Phi) is 3.68. The molecule has 0 atom stereocenters. The van der Waals surface area contributed by atoms with E-state index < -0.39 is 0 Å². The van der Waals surface area contributed by atoms with E-state index >= 15 is 0 Å². The molecule has 0 aromatic carbocycles. The average molecular weight is 303 g/mol. The van der Waals surface area contributed by atoms with Crippen LogP contribution in [0, 0.1) is 5.92 Å². The van der Waals surface area contributed by atoms with Crippen LogP contribution in [0.4, 0.5) is 0 Å². The number of hydrogen-bond donors (Lipinski definition) is 0. The molecule has 4 rings (SSSR count). The van der Waals surface area contributed by atoms with Gasteiger partial charge in [0.2, 0.25) is 5.91 Å². The lowest BCUT2D eigenvalue weighted by molar-refractivity contribution is -0.139. The lowest BCUT2D eigenvalue weighted by atomic mass is 9.83. The summed E-state index contributed by atoms with van der Waals surface area (Å²) in [5.41, 5.74) is 3.89. The first kappa shape index (κ1) is 14.2. The van der Waals surface area contributed by atoms with Gasteiger partial charge < -0.3 is 9.64 Å². The molecular weight excluding hydrogens is 278 g/mol. The van der Waals surface area contributed by atoms with Crippen LogP contribution in [0.25, 0.3) is 0 Å². The highest BCUT2D eigenvalue weighted by molar-refractivity contribution is 5.79. The van der Waals surface area contributed by atoms with E-state index in [1.807, 2.05) is 11.7 Å². The molecule has 1 saturated heterocycles. The van der Waals surface area contributed by atoms with Crippen molar-refractivity contribution in [3.8, 4) is 0 Å². The fourth-order valence-electron chi connectivity index (χ4n) is 4.05. The summed E-state index contributed by atoms with van der Waals surface area (Å²) in [5, 5.41) is 4.78. The van der Waals surface area contributed by atoms with Crippen LogP contribution in [0.1, 0.15) is 55.0 Å². The molecule has 3 heterocycles. The third-order valence-corrected chi connectivity index (χ3v) is 5.68. The molecule has 1 aromatic heterocycles. The van der Waals surface area contributed by atoms with E-state index in [1.54, 1.807) is 0 Å². The SMILES string of the molecule is Cn1nc(C2CCN(C(=O)C3CCC3)CC2)c2c1CCOC2. The normalized spacial score (nSPS) is 23.2. The average Bonchev–Trinajstić information content (AvgIpc) is 2.83. The lowest BCUT2D eigenvalue weighted by Gasteiger charge is -2.36. The van der Waals surface area contributed by atoms with E-state index in [-0.39, 0.29) is 0 Å². The van der Waals surface area contributed by atoms with Crippen LogP contribution in [0.2, 0.25) is 0 Å². The lowest BCUT2D eigenvalue weighted by Crippen LogP contribution is -2.43. The van der Waals surface area contributed by atoms with Gasteiger partial charge in [0.1, 0.15) is 0 Å². The second-order valence-electron chi connectivity index (χ2n) is 6.96. The number of amides is 1. The van der Waals surface area contributed by atoms with E-state index in [1.165, 1.54) is 23.4 Å². The van der Waals surface area contributed by atoms with Gasteiger partial charge in [-0.3, -0.25) is 9.48 Å². The Morgan fingerprint density at radius 1 is 1.23 bits per heavy atom. The van der Waals surface area contributed by atoms with E-state index in [4.69, 9.17) is 9.84 Å². The molecular formula is C17H25N3O2. The van der Waals surface area contributed by atoms with Crippen molar-refractivity contribution < 1.29 is 9.53 Å². The number of ether oxygens (including phenoxy) is 1. The monoisotopic (exact) mass is 303 g/mol. The summed E-state index contributed by atoms with van der Waals surface area (Å²) < 4.78 is 7.68. The van der Waals surface area contributed by atoms with Crippen molar-refractivity contribution in [3.05, 3.63) is 17.0 Å². The fourth-order valence-corrected chi connectivity index (χ4v) is 4.05. The van der Waals surface area contributed by atoms with Crippen LogP contribution in [-0.4, -0.2) is 40.3 Å². The fraction of sp³-hybridized carbons (Fsp3) is 0.765. The molecule has 0 N–H and O–H groups in total. The molecule has 1 saturated carbocycles. The summed E-state index contributed by atoms with van der Waals surface area (Å²) in [6.45, 7) is 3.30. The zero-order chi connectivity index (χ0) is 15.1. The second-order valence-corrected chi connectivity index (χ2v) is 6.96. The molecule has 0 spiro atoms. The molecule has 5 heteroatoms. The Morgan fingerprint density at radius 2 is 2.00 bits per heavy atom. The van der Waals surface area contributed by atoms with E-state index in [0.29, 0.717) is 24.3 Å². The molecule has 0 unspecified atom stereocenters. The maximum Gasteiger partial charge on any atom is 0.225 e. The number of nitrogens with zero attached hydrogens (tertiary/aromatic N) is 3. The van der Waals surface area contributed by atoms with Crippen LogP contribution < -0.4 is 0 Å². The van der Waals surface area contributed by atoms with Crippen molar-refractivity contribution in [2.24, 2.45) is 13.0 Å². The Hall–Kier alpha value is -1.36. The van der Waals surface area contributed by atoms with Crippen LogP contribution in [0.15, 0.2) is 0 Å². The largest absolute Gasteiger partial charge is 0.376 e.